The van der Waals surface area contributed by atoms with Crippen molar-refractivity contribution in [1.29, 1.82) is 0 Å². The average molecular weight is 214 g/mol. The lowest BCUT2D eigenvalue weighted by atomic mass is 10.3. The summed E-state index contributed by atoms with van der Waals surface area (Å²) in [5.74, 6) is 1.04. The van der Waals surface area contributed by atoms with Crippen LogP contribution in [-0.4, -0.2) is 41.4 Å². The van der Waals surface area contributed by atoms with Crippen molar-refractivity contribution in [2.24, 2.45) is 0 Å². The second kappa shape index (κ2) is 7.64. The zero-order valence-corrected chi connectivity index (χ0v) is 8.19. The average Bonchev–Trinajstić information content (AvgIpc) is 2.20. The van der Waals surface area contributed by atoms with Crippen LogP contribution in [0.4, 0.5) is 4.79 Å². The molecule has 0 aromatic rings. The quantitative estimate of drug-likeness (QED) is 0.341. The highest BCUT2D eigenvalue weighted by atomic mass is 16.4. The number of terminal acetylenes is 1. The summed E-state index contributed by atoms with van der Waals surface area (Å²) in [4.78, 5) is 21.1. The molecule has 0 aliphatic carbocycles. The summed E-state index contributed by atoms with van der Waals surface area (Å²) in [5, 5.41) is 21.8. The number of amides is 2. The highest BCUT2D eigenvalue weighted by Gasteiger charge is 2.13. The highest BCUT2D eigenvalue weighted by molar-refractivity contribution is 5.76. The van der Waals surface area contributed by atoms with Crippen LogP contribution in [0.3, 0.4) is 0 Å². The Labute approximate surface area is 87.7 Å². The van der Waals surface area contributed by atoms with E-state index in [4.69, 9.17) is 16.6 Å². The standard InChI is InChI=1S/C9H14N2O4/c1-2-3-4-5-10-9(15)11-6-7(12)8(13)14/h1,7,12H,3-6H2,(H,13,14)(H2,10,11,15). The van der Waals surface area contributed by atoms with E-state index in [1.165, 1.54) is 0 Å². The molecule has 1 unspecified atom stereocenters. The SMILES string of the molecule is C#CCCCNC(=O)NCC(O)C(=O)O. The summed E-state index contributed by atoms with van der Waals surface area (Å²) in [6, 6.07) is -0.521. The van der Waals surface area contributed by atoms with Gasteiger partial charge < -0.3 is 20.8 Å². The molecule has 0 radical (unpaired) electrons. The fourth-order valence-corrected chi connectivity index (χ4v) is 0.732. The van der Waals surface area contributed by atoms with Crippen LogP contribution >= 0.6 is 0 Å². The van der Waals surface area contributed by atoms with Gasteiger partial charge in [-0.15, -0.1) is 12.3 Å². The molecular weight excluding hydrogens is 200 g/mol. The van der Waals surface area contributed by atoms with Crippen molar-refractivity contribution in [3.05, 3.63) is 0 Å². The van der Waals surface area contributed by atoms with Crippen LogP contribution in [0, 0.1) is 12.3 Å². The van der Waals surface area contributed by atoms with Gasteiger partial charge in [0, 0.05) is 13.0 Å². The Kier molecular flexibility index (Phi) is 6.76. The molecule has 1 atom stereocenters. The van der Waals surface area contributed by atoms with Gasteiger partial charge in [-0.3, -0.25) is 0 Å². The zero-order valence-electron chi connectivity index (χ0n) is 8.19. The minimum absolute atomic E-state index is 0.323. The second-order valence-corrected chi connectivity index (χ2v) is 2.80. The van der Waals surface area contributed by atoms with E-state index in [1.807, 2.05) is 0 Å². The summed E-state index contributed by atoms with van der Waals surface area (Å²) in [7, 11) is 0. The smallest absolute Gasteiger partial charge is 0.334 e. The maximum absolute atomic E-state index is 11.0. The molecule has 0 aromatic heterocycles. The second-order valence-electron chi connectivity index (χ2n) is 2.80. The van der Waals surface area contributed by atoms with Gasteiger partial charge >= 0.3 is 12.0 Å². The first-order valence-electron chi connectivity index (χ1n) is 4.44. The lowest BCUT2D eigenvalue weighted by Gasteiger charge is -2.08. The molecule has 2 amide bonds. The first kappa shape index (κ1) is 13.3. The molecule has 0 aliphatic heterocycles. The van der Waals surface area contributed by atoms with Crippen LogP contribution in [0.2, 0.25) is 0 Å². The maximum atomic E-state index is 11.0. The maximum Gasteiger partial charge on any atom is 0.334 e. The molecule has 0 saturated heterocycles. The number of unbranched alkanes of at least 4 members (excludes halogenated alkanes) is 1. The topological polar surface area (TPSA) is 98.7 Å². The third-order valence-electron chi connectivity index (χ3n) is 1.52. The number of aliphatic carboxylic acids is 1. The van der Waals surface area contributed by atoms with E-state index >= 15 is 0 Å². The Bertz CT molecular complexity index is 259. The molecule has 6 heteroatoms. The molecule has 15 heavy (non-hydrogen) atoms. The number of nitrogens with one attached hydrogen (secondary N) is 2. The van der Waals surface area contributed by atoms with Crippen LogP contribution in [0.25, 0.3) is 0 Å². The van der Waals surface area contributed by atoms with Crippen LogP contribution in [0.5, 0.6) is 0 Å². The van der Waals surface area contributed by atoms with Crippen molar-refractivity contribution in [3.63, 3.8) is 0 Å². The number of carbonyl (C=O) groups excluding carboxylic acids is 1. The monoisotopic (exact) mass is 214 g/mol. The summed E-state index contributed by atoms with van der Waals surface area (Å²) in [6.07, 6.45) is 4.64. The Morgan fingerprint density at radius 1 is 1.40 bits per heavy atom. The van der Waals surface area contributed by atoms with Crippen molar-refractivity contribution in [2.45, 2.75) is 18.9 Å². The van der Waals surface area contributed by atoms with Gasteiger partial charge in [0.05, 0.1) is 6.54 Å². The fraction of sp³-hybridized carbons (Fsp3) is 0.556. The lowest BCUT2D eigenvalue weighted by molar-refractivity contribution is -0.146. The van der Waals surface area contributed by atoms with E-state index < -0.39 is 18.1 Å². The lowest BCUT2D eigenvalue weighted by Crippen LogP contribution is -2.42. The molecule has 84 valence electrons. The number of hydrogen-bond acceptors (Lipinski definition) is 3. The zero-order chi connectivity index (χ0) is 11.7. The number of hydrogen-bond donors (Lipinski definition) is 4. The first-order valence-corrected chi connectivity index (χ1v) is 4.44. The molecular formula is C9H14N2O4. The number of aliphatic hydroxyl groups is 1. The van der Waals surface area contributed by atoms with Crippen molar-refractivity contribution in [1.82, 2.24) is 10.6 Å². The Hall–Kier alpha value is -1.74. The Morgan fingerprint density at radius 2 is 2.07 bits per heavy atom. The van der Waals surface area contributed by atoms with E-state index in [0.717, 1.165) is 0 Å². The van der Waals surface area contributed by atoms with E-state index in [-0.39, 0.29) is 6.54 Å². The van der Waals surface area contributed by atoms with E-state index in [2.05, 4.69) is 16.6 Å². The molecule has 0 aliphatic rings. The molecule has 0 fully saturated rings. The van der Waals surface area contributed by atoms with Crippen LogP contribution in [0.15, 0.2) is 0 Å². The molecule has 4 N–H and O–H groups in total. The molecule has 0 spiro atoms. The predicted molar refractivity (Wildman–Crippen MR) is 53.1 cm³/mol. The van der Waals surface area contributed by atoms with Gasteiger partial charge in [0.15, 0.2) is 6.10 Å². The van der Waals surface area contributed by atoms with Gasteiger partial charge in [0.1, 0.15) is 0 Å². The van der Waals surface area contributed by atoms with E-state index in [9.17, 15) is 9.59 Å². The summed E-state index contributed by atoms with van der Waals surface area (Å²) in [6.45, 7) is 0.0928. The number of carbonyl (C=O) groups is 2. The van der Waals surface area contributed by atoms with Crippen molar-refractivity contribution in [3.8, 4) is 12.3 Å². The molecule has 0 bridgehead atoms. The number of rotatable bonds is 6. The number of carboxylic acid groups (broad SMARTS) is 1. The van der Waals surface area contributed by atoms with Gasteiger partial charge in [-0.25, -0.2) is 9.59 Å². The van der Waals surface area contributed by atoms with Gasteiger partial charge in [0.25, 0.3) is 0 Å². The normalized spacial score (nSPS) is 11.2. The summed E-state index contributed by atoms with van der Waals surface area (Å²) < 4.78 is 0. The third kappa shape index (κ3) is 7.34. The minimum atomic E-state index is -1.58. The molecule has 0 rings (SSSR count). The third-order valence-corrected chi connectivity index (χ3v) is 1.52. The van der Waals surface area contributed by atoms with E-state index in [1.54, 1.807) is 0 Å². The van der Waals surface area contributed by atoms with Gasteiger partial charge in [-0.05, 0) is 6.42 Å². The van der Waals surface area contributed by atoms with Gasteiger partial charge in [-0.2, -0.15) is 0 Å². The van der Waals surface area contributed by atoms with E-state index in [0.29, 0.717) is 19.4 Å². The fourth-order valence-electron chi connectivity index (χ4n) is 0.732. The predicted octanol–water partition coefficient (Wildman–Crippen LogP) is -0.856. The Balaban J connectivity index is 3.50. The molecule has 0 heterocycles. The Morgan fingerprint density at radius 3 is 2.60 bits per heavy atom. The molecule has 0 saturated carbocycles. The van der Waals surface area contributed by atoms with Crippen molar-refractivity contribution < 1.29 is 19.8 Å². The highest BCUT2D eigenvalue weighted by Crippen LogP contribution is 1.83. The van der Waals surface area contributed by atoms with Crippen LogP contribution < -0.4 is 10.6 Å². The van der Waals surface area contributed by atoms with Crippen molar-refractivity contribution in [2.75, 3.05) is 13.1 Å². The van der Waals surface area contributed by atoms with Crippen LogP contribution in [0.1, 0.15) is 12.8 Å². The largest absolute Gasteiger partial charge is 0.479 e. The molecule has 0 aromatic carbocycles. The summed E-state index contributed by atoms with van der Waals surface area (Å²) in [5.41, 5.74) is 0. The first-order chi connectivity index (χ1) is 7.07. The van der Waals surface area contributed by atoms with Crippen LogP contribution in [-0.2, 0) is 4.79 Å². The summed E-state index contributed by atoms with van der Waals surface area (Å²) >= 11 is 0. The van der Waals surface area contributed by atoms with Crippen molar-refractivity contribution >= 4 is 12.0 Å². The van der Waals surface area contributed by atoms with Gasteiger partial charge in [0.2, 0.25) is 0 Å². The minimum Gasteiger partial charge on any atom is -0.479 e. The molecule has 6 nitrogen and oxygen atoms in total. The number of aliphatic hydroxyl groups excluding tert-OH is 1. The van der Waals surface area contributed by atoms with Gasteiger partial charge in [-0.1, -0.05) is 0 Å². The number of urea groups is 1. The number of carboxylic acids is 1.